The number of benzene rings is 1. The number of aromatic nitrogens is 1. The highest BCUT2D eigenvalue weighted by Crippen LogP contribution is 2.30. The molecule has 0 saturated carbocycles. The van der Waals surface area contributed by atoms with Gasteiger partial charge in [0.05, 0.1) is 6.61 Å². The van der Waals surface area contributed by atoms with Crippen LogP contribution in [0.5, 0.6) is 17.4 Å². The molecule has 2 aromatic rings. The van der Waals surface area contributed by atoms with Crippen molar-refractivity contribution in [2.75, 3.05) is 19.7 Å². The Bertz CT molecular complexity index is 728. The average molecular weight is 369 g/mol. The number of hydrogen-bond acceptors (Lipinski definition) is 5. The molecule has 1 fully saturated rings. The van der Waals surface area contributed by atoms with Crippen molar-refractivity contribution < 1.29 is 14.3 Å². The lowest BCUT2D eigenvalue weighted by molar-refractivity contribution is -0.121. The molecule has 1 amide bonds. The smallest absolute Gasteiger partial charge is 0.220 e. The van der Waals surface area contributed by atoms with Crippen molar-refractivity contribution >= 4 is 5.91 Å². The van der Waals surface area contributed by atoms with E-state index in [1.165, 1.54) is 6.42 Å². The minimum atomic E-state index is 0.0906. The van der Waals surface area contributed by atoms with Crippen LogP contribution in [-0.2, 0) is 11.3 Å². The lowest BCUT2D eigenvalue weighted by Gasteiger charge is -2.11. The quantitative estimate of drug-likeness (QED) is 0.710. The summed E-state index contributed by atoms with van der Waals surface area (Å²) < 4.78 is 11.4. The topological polar surface area (TPSA) is 72.5 Å². The van der Waals surface area contributed by atoms with E-state index in [0.29, 0.717) is 42.9 Å². The van der Waals surface area contributed by atoms with Gasteiger partial charge in [-0.05, 0) is 56.5 Å². The minimum absolute atomic E-state index is 0.0906. The lowest BCUT2D eigenvalue weighted by Crippen LogP contribution is -2.23. The molecule has 27 heavy (non-hydrogen) atoms. The zero-order valence-corrected chi connectivity index (χ0v) is 15.7. The Morgan fingerprint density at radius 3 is 2.81 bits per heavy atom. The molecule has 1 unspecified atom stereocenters. The molecule has 0 bridgehead atoms. The van der Waals surface area contributed by atoms with Crippen molar-refractivity contribution in [3.63, 3.8) is 0 Å². The van der Waals surface area contributed by atoms with Crippen LogP contribution in [0.4, 0.5) is 0 Å². The minimum Gasteiger partial charge on any atom is -0.490 e. The first-order valence-electron chi connectivity index (χ1n) is 9.56. The predicted octanol–water partition coefficient (Wildman–Crippen LogP) is 3.28. The molecular weight excluding hydrogens is 342 g/mol. The number of nitrogens with zero attached hydrogens (tertiary/aromatic N) is 1. The number of amides is 1. The van der Waals surface area contributed by atoms with Crippen LogP contribution in [0, 0.1) is 5.92 Å². The third-order valence-electron chi connectivity index (χ3n) is 4.59. The number of pyridine rings is 1. The van der Waals surface area contributed by atoms with Crippen molar-refractivity contribution in [1.82, 2.24) is 15.6 Å². The van der Waals surface area contributed by atoms with Crippen LogP contribution >= 0.6 is 0 Å². The van der Waals surface area contributed by atoms with Crippen LogP contribution in [0.3, 0.4) is 0 Å². The number of ether oxygens (including phenoxy) is 2. The van der Waals surface area contributed by atoms with E-state index in [1.807, 2.05) is 37.3 Å². The molecule has 144 valence electrons. The van der Waals surface area contributed by atoms with E-state index in [0.717, 1.165) is 25.1 Å². The van der Waals surface area contributed by atoms with Gasteiger partial charge in [0.2, 0.25) is 11.8 Å². The average Bonchev–Trinajstić information content (AvgIpc) is 3.21. The van der Waals surface area contributed by atoms with Gasteiger partial charge in [0.1, 0.15) is 0 Å². The van der Waals surface area contributed by atoms with Crippen LogP contribution in [0.2, 0.25) is 0 Å². The zero-order chi connectivity index (χ0) is 18.9. The molecule has 6 heteroatoms. The van der Waals surface area contributed by atoms with Crippen molar-refractivity contribution in [1.29, 1.82) is 0 Å². The summed E-state index contributed by atoms with van der Waals surface area (Å²) in [5.74, 6) is 2.54. The molecule has 0 radical (unpaired) electrons. The maximum atomic E-state index is 12.0. The van der Waals surface area contributed by atoms with Crippen LogP contribution < -0.4 is 20.1 Å². The van der Waals surface area contributed by atoms with Crippen molar-refractivity contribution in [3.05, 3.63) is 48.2 Å². The molecule has 1 saturated heterocycles. The van der Waals surface area contributed by atoms with Crippen LogP contribution in [0.15, 0.2) is 42.6 Å². The van der Waals surface area contributed by atoms with E-state index >= 15 is 0 Å². The molecule has 2 N–H and O–H groups in total. The Morgan fingerprint density at radius 1 is 1.26 bits per heavy atom. The second kappa shape index (κ2) is 9.92. The number of nitrogens with one attached hydrogen (secondary N) is 2. The largest absolute Gasteiger partial charge is 0.490 e. The van der Waals surface area contributed by atoms with E-state index in [1.54, 1.807) is 12.3 Å². The molecule has 2 heterocycles. The fraction of sp³-hybridized carbons (Fsp3) is 0.429. The molecule has 3 rings (SSSR count). The summed E-state index contributed by atoms with van der Waals surface area (Å²) >= 11 is 0. The summed E-state index contributed by atoms with van der Waals surface area (Å²) in [6.45, 7) is 5.09. The third kappa shape index (κ3) is 5.96. The summed E-state index contributed by atoms with van der Waals surface area (Å²) in [4.78, 5) is 16.3. The van der Waals surface area contributed by atoms with Crippen molar-refractivity contribution in [2.45, 2.75) is 32.7 Å². The van der Waals surface area contributed by atoms with E-state index in [9.17, 15) is 4.79 Å². The highest BCUT2D eigenvalue weighted by Gasteiger charge is 2.15. The Kier molecular flexibility index (Phi) is 7.04. The van der Waals surface area contributed by atoms with Gasteiger partial charge in [-0.3, -0.25) is 4.79 Å². The van der Waals surface area contributed by atoms with Gasteiger partial charge in [0.25, 0.3) is 0 Å². The summed E-state index contributed by atoms with van der Waals surface area (Å²) in [7, 11) is 0. The monoisotopic (exact) mass is 369 g/mol. The number of carbonyl (C=O) groups excluding carboxylic acids is 1. The molecule has 6 nitrogen and oxygen atoms in total. The number of hydrogen-bond donors (Lipinski definition) is 2. The third-order valence-corrected chi connectivity index (χ3v) is 4.59. The van der Waals surface area contributed by atoms with Crippen molar-refractivity contribution in [2.24, 2.45) is 5.92 Å². The van der Waals surface area contributed by atoms with Gasteiger partial charge in [-0.15, -0.1) is 0 Å². The van der Waals surface area contributed by atoms with Gasteiger partial charge in [0, 0.05) is 25.2 Å². The molecule has 0 spiro atoms. The number of para-hydroxylation sites is 2. The Labute approximate surface area is 160 Å². The van der Waals surface area contributed by atoms with E-state index in [4.69, 9.17) is 9.47 Å². The molecule has 1 atom stereocenters. The van der Waals surface area contributed by atoms with E-state index < -0.39 is 0 Å². The Hall–Kier alpha value is -2.60. The molecular formula is C21H27N3O3. The standard InChI is InChI=1S/C21H27N3O3/c1-2-26-18-5-3-4-6-19(18)27-21-10-8-17(15-24-21)14-23-20(25)9-7-16-11-12-22-13-16/h3-6,8,10,15-16,22H,2,7,9,11-14H2,1H3,(H,23,25). The summed E-state index contributed by atoms with van der Waals surface area (Å²) in [6, 6.07) is 11.2. The van der Waals surface area contributed by atoms with Gasteiger partial charge in [-0.2, -0.15) is 0 Å². The SMILES string of the molecule is CCOc1ccccc1Oc1ccc(CNC(=O)CCC2CCNC2)cn1. The van der Waals surface area contributed by atoms with Gasteiger partial charge < -0.3 is 20.1 Å². The first-order valence-corrected chi connectivity index (χ1v) is 9.56. The normalized spacial score (nSPS) is 16.1. The van der Waals surface area contributed by atoms with E-state index in [2.05, 4.69) is 15.6 Å². The highest BCUT2D eigenvalue weighted by atomic mass is 16.5. The second-order valence-corrected chi connectivity index (χ2v) is 6.66. The zero-order valence-electron chi connectivity index (χ0n) is 15.7. The first kappa shape index (κ1) is 19.2. The second-order valence-electron chi connectivity index (χ2n) is 6.66. The number of rotatable bonds is 9. The first-order chi connectivity index (χ1) is 13.2. The molecule has 1 aromatic heterocycles. The van der Waals surface area contributed by atoms with Crippen LogP contribution in [0.1, 0.15) is 31.7 Å². The Morgan fingerprint density at radius 2 is 2.11 bits per heavy atom. The van der Waals surface area contributed by atoms with Crippen LogP contribution in [-0.4, -0.2) is 30.6 Å². The summed E-state index contributed by atoms with van der Waals surface area (Å²) in [5, 5.41) is 6.29. The molecule has 1 aliphatic heterocycles. The van der Waals surface area contributed by atoms with Gasteiger partial charge in [-0.1, -0.05) is 18.2 Å². The fourth-order valence-corrected chi connectivity index (χ4v) is 3.08. The number of carbonyl (C=O) groups is 1. The molecule has 1 aromatic carbocycles. The lowest BCUT2D eigenvalue weighted by atomic mass is 10.0. The van der Waals surface area contributed by atoms with E-state index in [-0.39, 0.29) is 5.91 Å². The van der Waals surface area contributed by atoms with Gasteiger partial charge >= 0.3 is 0 Å². The summed E-state index contributed by atoms with van der Waals surface area (Å²) in [6.07, 6.45) is 4.42. The maximum Gasteiger partial charge on any atom is 0.220 e. The highest BCUT2D eigenvalue weighted by molar-refractivity contribution is 5.75. The van der Waals surface area contributed by atoms with Gasteiger partial charge in [0.15, 0.2) is 11.5 Å². The van der Waals surface area contributed by atoms with Crippen LogP contribution in [0.25, 0.3) is 0 Å². The maximum absolute atomic E-state index is 12.0. The van der Waals surface area contributed by atoms with Crippen molar-refractivity contribution in [3.8, 4) is 17.4 Å². The molecule has 0 aliphatic carbocycles. The predicted molar refractivity (Wildman–Crippen MR) is 104 cm³/mol. The van der Waals surface area contributed by atoms with Gasteiger partial charge in [-0.25, -0.2) is 4.98 Å². The Balaban J connectivity index is 1.46. The fourth-order valence-electron chi connectivity index (χ4n) is 3.08. The molecule has 1 aliphatic rings. The summed E-state index contributed by atoms with van der Waals surface area (Å²) in [5.41, 5.74) is 0.941.